The summed E-state index contributed by atoms with van der Waals surface area (Å²) in [4.78, 5) is 8.31. The van der Waals surface area contributed by atoms with Crippen LogP contribution in [0.4, 0.5) is 29.3 Å². The molecular formula is C30H40F4N6O. The summed E-state index contributed by atoms with van der Waals surface area (Å²) in [5.74, 6) is 2.17. The number of rotatable bonds is 10. The van der Waals surface area contributed by atoms with Gasteiger partial charge in [0.15, 0.2) is 11.6 Å². The van der Waals surface area contributed by atoms with Crippen LogP contribution in [0.2, 0.25) is 0 Å². The van der Waals surface area contributed by atoms with Gasteiger partial charge in [-0.25, -0.2) is 9.37 Å². The molecule has 0 radical (unpaired) electrons. The van der Waals surface area contributed by atoms with E-state index in [0.29, 0.717) is 30.5 Å². The number of nitrogens with one attached hydrogen (secondary N) is 3. The number of alkyl halides is 3. The number of aromatic nitrogens is 2. The van der Waals surface area contributed by atoms with Crippen LogP contribution >= 0.6 is 0 Å². The van der Waals surface area contributed by atoms with Crippen LogP contribution in [0.25, 0.3) is 0 Å². The van der Waals surface area contributed by atoms with Gasteiger partial charge in [0.1, 0.15) is 5.75 Å². The number of hydrogen-bond donors (Lipinski definition) is 4. The smallest absolute Gasteiger partial charge is 0.405 e. The number of nitrogens with two attached hydrogens (primary N) is 1. The molecule has 2 aromatic rings. The van der Waals surface area contributed by atoms with Gasteiger partial charge in [-0.2, -0.15) is 4.98 Å². The van der Waals surface area contributed by atoms with E-state index in [1.165, 1.54) is 43.9 Å². The van der Waals surface area contributed by atoms with Gasteiger partial charge in [0.2, 0.25) is 5.95 Å². The molecule has 5 N–H and O–H groups in total. The Hall–Kier alpha value is -2.66. The van der Waals surface area contributed by atoms with E-state index in [4.69, 9.17) is 5.73 Å². The van der Waals surface area contributed by atoms with Gasteiger partial charge in [0.25, 0.3) is 0 Å². The summed E-state index contributed by atoms with van der Waals surface area (Å²) >= 11 is 0. The number of anilines is 2. The second-order valence-electron chi connectivity index (χ2n) is 12.9. The summed E-state index contributed by atoms with van der Waals surface area (Å²) < 4.78 is 57.1. The van der Waals surface area contributed by atoms with Crippen LogP contribution in [0.1, 0.15) is 63.4 Å². The first-order valence-corrected chi connectivity index (χ1v) is 15.0. The maximum Gasteiger partial charge on any atom is 0.573 e. The number of halogens is 4. The van der Waals surface area contributed by atoms with Crippen LogP contribution in [0.3, 0.4) is 0 Å². The molecule has 7 nitrogen and oxygen atoms in total. The lowest BCUT2D eigenvalue weighted by molar-refractivity contribution is -0.274. The van der Waals surface area contributed by atoms with E-state index in [2.05, 4.69) is 30.7 Å². The first kappa shape index (κ1) is 28.5. The highest BCUT2D eigenvalue weighted by Gasteiger charge is 2.55. The Morgan fingerprint density at radius 2 is 1.73 bits per heavy atom. The first-order chi connectivity index (χ1) is 19.6. The molecule has 0 amide bonds. The number of ether oxygens (including phenoxy) is 1. The van der Waals surface area contributed by atoms with Crippen LogP contribution in [0.5, 0.6) is 5.75 Å². The molecule has 5 aliphatic rings. The highest BCUT2D eigenvalue weighted by molar-refractivity contribution is 5.43. The molecule has 0 aliphatic heterocycles. The van der Waals surface area contributed by atoms with Gasteiger partial charge in [-0.05, 0) is 99.5 Å². The average molecular weight is 577 g/mol. The molecule has 4 bridgehead atoms. The standard InChI is InChI=1S/C30H40F4N6O/c31-24-16-38-28(37-15-20-3-1-2-4-25(20)41-30(32,33)34)40-27(24)39-17-29-11-19-9-21(12-29)26(22(10-19)13-29)36-14-18-5-7-23(35)8-6-18/h1-4,16,18-19,21-23,26,36H,5-15,17,35H2,(H2,37,38,39,40)/t18?,19?,21-,22+,23?,26?,29?. The average Bonchev–Trinajstić information content (AvgIpc) is 2.92. The molecule has 5 atom stereocenters. The molecule has 0 spiro atoms. The molecule has 5 saturated carbocycles. The van der Waals surface area contributed by atoms with Crippen LogP contribution < -0.4 is 26.4 Å². The Balaban J connectivity index is 1.05. The van der Waals surface area contributed by atoms with Gasteiger partial charge in [-0.3, -0.25) is 0 Å². The van der Waals surface area contributed by atoms with E-state index in [1.807, 2.05) is 0 Å². The maximum absolute atomic E-state index is 14.7. The zero-order valence-electron chi connectivity index (χ0n) is 23.2. The molecule has 1 aromatic carbocycles. The molecule has 0 saturated heterocycles. The summed E-state index contributed by atoms with van der Waals surface area (Å²) in [5, 5.41) is 10.2. The predicted octanol–water partition coefficient (Wildman–Crippen LogP) is 5.84. The van der Waals surface area contributed by atoms with Crippen molar-refractivity contribution in [2.24, 2.45) is 34.8 Å². The summed E-state index contributed by atoms with van der Waals surface area (Å²) in [6.45, 7) is 1.74. The van der Waals surface area contributed by atoms with Crippen LogP contribution in [0, 0.1) is 34.9 Å². The Morgan fingerprint density at radius 1 is 1.00 bits per heavy atom. The van der Waals surface area contributed by atoms with E-state index in [-0.39, 0.29) is 35.0 Å². The van der Waals surface area contributed by atoms with E-state index >= 15 is 0 Å². The van der Waals surface area contributed by atoms with Crippen LogP contribution in [-0.2, 0) is 6.54 Å². The van der Waals surface area contributed by atoms with Crippen molar-refractivity contribution in [3.05, 3.63) is 41.8 Å². The van der Waals surface area contributed by atoms with E-state index in [0.717, 1.165) is 56.7 Å². The highest BCUT2D eigenvalue weighted by atomic mass is 19.4. The van der Waals surface area contributed by atoms with Crippen molar-refractivity contribution >= 4 is 11.8 Å². The topological polar surface area (TPSA) is 97.1 Å². The van der Waals surface area contributed by atoms with Crippen molar-refractivity contribution in [1.82, 2.24) is 15.3 Å². The Kier molecular flexibility index (Phi) is 8.02. The SMILES string of the molecule is NC1CCC(CNC2[C@@H]3CC4C[C@H]2CC(CNc2nc(NCc5ccccc5OC(F)(F)F)ncc2F)(C4)C3)CC1. The quantitative estimate of drug-likeness (QED) is 0.264. The van der Waals surface area contributed by atoms with Crippen molar-refractivity contribution < 1.29 is 22.3 Å². The lowest BCUT2D eigenvalue weighted by Crippen LogP contribution is -2.60. The monoisotopic (exact) mass is 576 g/mol. The van der Waals surface area contributed by atoms with Gasteiger partial charge in [0, 0.05) is 30.7 Å². The van der Waals surface area contributed by atoms with Crippen LogP contribution in [-0.4, -0.2) is 41.5 Å². The molecule has 3 unspecified atom stereocenters. The molecule has 11 heteroatoms. The third-order valence-electron chi connectivity index (χ3n) is 9.94. The van der Waals surface area contributed by atoms with Gasteiger partial charge in [-0.15, -0.1) is 13.2 Å². The van der Waals surface area contributed by atoms with Gasteiger partial charge in [-0.1, -0.05) is 18.2 Å². The summed E-state index contributed by atoms with van der Waals surface area (Å²) in [6, 6.07) is 6.82. The van der Waals surface area contributed by atoms with E-state index in [9.17, 15) is 17.6 Å². The number of nitrogens with zero attached hydrogens (tertiary/aromatic N) is 2. The molecule has 5 fully saturated rings. The molecule has 1 heterocycles. The Bertz CT molecular complexity index is 1190. The third-order valence-corrected chi connectivity index (χ3v) is 9.94. The first-order valence-electron chi connectivity index (χ1n) is 15.0. The molecule has 7 rings (SSSR count). The van der Waals surface area contributed by atoms with Crippen molar-refractivity contribution in [2.45, 2.75) is 82.8 Å². The normalized spacial score (nSPS) is 32.6. The fourth-order valence-electron chi connectivity index (χ4n) is 8.33. The zero-order valence-corrected chi connectivity index (χ0v) is 23.2. The minimum Gasteiger partial charge on any atom is -0.405 e. The lowest BCUT2D eigenvalue weighted by Gasteiger charge is -2.60. The van der Waals surface area contributed by atoms with Crippen LogP contribution in [0.15, 0.2) is 30.5 Å². The Morgan fingerprint density at radius 3 is 2.46 bits per heavy atom. The van der Waals surface area contributed by atoms with Gasteiger partial charge < -0.3 is 26.4 Å². The number of para-hydroxylation sites is 1. The fraction of sp³-hybridized carbons (Fsp3) is 0.667. The van der Waals surface area contributed by atoms with Gasteiger partial charge in [0.05, 0.1) is 6.20 Å². The molecule has 5 aliphatic carbocycles. The van der Waals surface area contributed by atoms with Crippen molar-refractivity contribution in [1.29, 1.82) is 0 Å². The summed E-state index contributed by atoms with van der Waals surface area (Å²) in [7, 11) is 0. The van der Waals surface area contributed by atoms with Crippen molar-refractivity contribution in [3.63, 3.8) is 0 Å². The summed E-state index contributed by atoms with van der Waals surface area (Å²) in [5.41, 5.74) is 6.51. The molecular weight excluding hydrogens is 536 g/mol. The summed E-state index contributed by atoms with van der Waals surface area (Å²) in [6.07, 6.45) is 7.00. The largest absolute Gasteiger partial charge is 0.573 e. The highest BCUT2D eigenvalue weighted by Crippen LogP contribution is 2.60. The lowest BCUT2D eigenvalue weighted by atomic mass is 9.48. The second-order valence-corrected chi connectivity index (χ2v) is 12.9. The van der Waals surface area contributed by atoms with Gasteiger partial charge >= 0.3 is 6.36 Å². The van der Waals surface area contributed by atoms with Crippen molar-refractivity contribution in [2.75, 3.05) is 23.7 Å². The molecule has 1 aromatic heterocycles. The third kappa shape index (κ3) is 6.71. The Labute approximate surface area is 238 Å². The van der Waals surface area contributed by atoms with E-state index < -0.39 is 12.2 Å². The molecule has 224 valence electrons. The van der Waals surface area contributed by atoms with Crippen molar-refractivity contribution in [3.8, 4) is 5.75 Å². The maximum atomic E-state index is 14.7. The fourth-order valence-corrected chi connectivity index (χ4v) is 8.33. The number of hydrogen-bond acceptors (Lipinski definition) is 7. The van der Waals surface area contributed by atoms with E-state index in [1.54, 1.807) is 6.07 Å². The second kappa shape index (κ2) is 11.6. The molecule has 41 heavy (non-hydrogen) atoms. The minimum atomic E-state index is -4.79. The zero-order chi connectivity index (χ0) is 28.6. The predicted molar refractivity (Wildman–Crippen MR) is 149 cm³/mol. The number of benzene rings is 1. The minimum absolute atomic E-state index is 0.00560.